The van der Waals surface area contributed by atoms with E-state index in [4.69, 9.17) is 4.74 Å². The van der Waals surface area contributed by atoms with Gasteiger partial charge in [-0.15, -0.1) is 0 Å². The van der Waals surface area contributed by atoms with Gasteiger partial charge in [-0.05, 0) is 18.9 Å². The van der Waals surface area contributed by atoms with Gasteiger partial charge >= 0.3 is 0 Å². The Hall–Kier alpha value is -2.25. The van der Waals surface area contributed by atoms with Gasteiger partial charge in [-0.25, -0.2) is 9.37 Å². The lowest BCUT2D eigenvalue weighted by molar-refractivity contribution is -0.132. The summed E-state index contributed by atoms with van der Waals surface area (Å²) >= 11 is 0. The van der Waals surface area contributed by atoms with Crippen LogP contribution in [-0.2, 0) is 21.6 Å². The van der Waals surface area contributed by atoms with Crippen LogP contribution in [0.4, 0.5) is 4.39 Å². The SMILES string of the molecule is COCCNC(=O)C1(n2ccnc2)CCN(Cc2ccccc2F)CC1. The second-order valence-corrected chi connectivity index (χ2v) is 6.62. The van der Waals surface area contributed by atoms with Crippen molar-refractivity contribution in [1.82, 2.24) is 19.8 Å². The van der Waals surface area contributed by atoms with E-state index in [1.54, 1.807) is 25.7 Å². The fourth-order valence-corrected chi connectivity index (χ4v) is 3.49. The Morgan fingerprint density at radius 2 is 2.12 bits per heavy atom. The molecule has 1 N–H and O–H groups in total. The topological polar surface area (TPSA) is 59.4 Å². The number of halogens is 1. The second kappa shape index (κ2) is 8.42. The third-order valence-corrected chi connectivity index (χ3v) is 5.05. The third kappa shape index (κ3) is 3.94. The summed E-state index contributed by atoms with van der Waals surface area (Å²) in [4.78, 5) is 19.2. The third-order valence-electron chi connectivity index (χ3n) is 5.05. The summed E-state index contributed by atoms with van der Waals surface area (Å²) in [5.74, 6) is -0.200. The van der Waals surface area contributed by atoms with Crippen LogP contribution in [0.3, 0.4) is 0 Å². The first kappa shape index (κ1) is 18.5. The van der Waals surface area contributed by atoms with Crippen molar-refractivity contribution >= 4 is 5.91 Å². The minimum absolute atomic E-state index is 0.0157. The van der Waals surface area contributed by atoms with Gasteiger partial charge < -0.3 is 14.6 Å². The number of rotatable bonds is 7. The highest BCUT2D eigenvalue weighted by molar-refractivity contribution is 5.84. The summed E-state index contributed by atoms with van der Waals surface area (Å²) in [6.45, 7) is 2.93. The molecule has 0 bridgehead atoms. The van der Waals surface area contributed by atoms with Crippen molar-refractivity contribution < 1.29 is 13.9 Å². The lowest BCUT2D eigenvalue weighted by atomic mass is 9.85. The van der Waals surface area contributed by atoms with Crippen molar-refractivity contribution in [2.75, 3.05) is 33.4 Å². The summed E-state index contributed by atoms with van der Waals surface area (Å²) < 4.78 is 20.8. The second-order valence-electron chi connectivity index (χ2n) is 6.62. The molecule has 7 heteroatoms. The molecule has 1 aliphatic heterocycles. The summed E-state index contributed by atoms with van der Waals surface area (Å²) in [5.41, 5.74) is 0.0304. The Morgan fingerprint density at radius 1 is 1.35 bits per heavy atom. The van der Waals surface area contributed by atoms with Gasteiger partial charge in [0, 0.05) is 51.2 Å². The van der Waals surface area contributed by atoms with Crippen molar-refractivity contribution in [1.29, 1.82) is 0 Å². The summed E-state index contributed by atoms with van der Waals surface area (Å²) in [5, 5.41) is 2.96. The lowest BCUT2D eigenvalue weighted by Gasteiger charge is -2.41. The van der Waals surface area contributed by atoms with Crippen LogP contribution in [0.2, 0.25) is 0 Å². The molecule has 0 saturated carbocycles. The molecule has 6 nitrogen and oxygen atoms in total. The highest BCUT2D eigenvalue weighted by atomic mass is 19.1. The van der Waals surface area contributed by atoms with Crippen molar-refractivity contribution in [2.45, 2.75) is 24.9 Å². The zero-order chi connectivity index (χ0) is 18.4. The van der Waals surface area contributed by atoms with Crippen LogP contribution in [0.15, 0.2) is 43.0 Å². The average Bonchev–Trinajstić information content (AvgIpc) is 3.20. The van der Waals surface area contributed by atoms with E-state index in [1.807, 2.05) is 22.9 Å². The Balaban J connectivity index is 1.69. The van der Waals surface area contributed by atoms with E-state index in [0.29, 0.717) is 51.2 Å². The Labute approximate surface area is 153 Å². The van der Waals surface area contributed by atoms with Crippen LogP contribution in [0.5, 0.6) is 0 Å². The number of amides is 1. The largest absolute Gasteiger partial charge is 0.383 e. The average molecular weight is 360 g/mol. The maximum atomic E-state index is 13.9. The Morgan fingerprint density at radius 3 is 2.77 bits per heavy atom. The monoisotopic (exact) mass is 360 g/mol. The van der Waals surface area contributed by atoms with E-state index in [1.165, 1.54) is 6.07 Å². The fourth-order valence-electron chi connectivity index (χ4n) is 3.49. The standard InChI is InChI=1S/C19H25FN4O2/c1-26-13-9-22-18(25)19(24-12-8-21-15-24)6-10-23(11-7-19)14-16-4-2-3-5-17(16)20/h2-5,8,12,15H,6-7,9-11,13-14H2,1H3,(H,22,25). The molecule has 1 amide bonds. The predicted octanol–water partition coefficient (Wildman–Crippen LogP) is 1.78. The van der Waals surface area contributed by atoms with Crippen LogP contribution in [0.1, 0.15) is 18.4 Å². The van der Waals surface area contributed by atoms with E-state index in [0.717, 1.165) is 0 Å². The number of hydrogen-bond donors (Lipinski definition) is 1. The minimum Gasteiger partial charge on any atom is -0.383 e. The molecule has 0 spiro atoms. The number of benzene rings is 1. The molecule has 0 aliphatic carbocycles. The number of carbonyl (C=O) groups excluding carboxylic acids is 1. The van der Waals surface area contributed by atoms with E-state index in [2.05, 4.69) is 15.2 Å². The summed E-state index contributed by atoms with van der Waals surface area (Å²) in [6.07, 6.45) is 6.52. The number of piperidine rings is 1. The normalized spacial score (nSPS) is 17.2. The number of ether oxygens (including phenoxy) is 1. The lowest BCUT2D eigenvalue weighted by Crippen LogP contribution is -2.55. The first-order valence-electron chi connectivity index (χ1n) is 8.87. The molecule has 1 aromatic carbocycles. The van der Waals surface area contributed by atoms with Crippen molar-refractivity contribution in [3.8, 4) is 0 Å². The van der Waals surface area contributed by atoms with Crippen LogP contribution >= 0.6 is 0 Å². The fraction of sp³-hybridized carbons (Fsp3) is 0.474. The molecule has 0 atom stereocenters. The molecule has 1 saturated heterocycles. The Kier molecular flexibility index (Phi) is 6.00. The van der Waals surface area contributed by atoms with Gasteiger partial charge in [0.25, 0.3) is 0 Å². The van der Waals surface area contributed by atoms with Crippen LogP contribution < -0.4 is 5.32 Å². The first-order valence-corrected chi connectivity index (χ1v) is 8.87. The minimum atomic E-state index is -0.657. The van der Waals surface area contributed by atoms with E-state index in [9.17, 15) is 9.18 Å². The number of likely N-dealkylation sites (tertiary alicyclic amines) is 1. The molecule has 1 fully saturated rings. The van der Waals surface area contributed by atoms with Gasteiger partial charge in [-0.3, -0.25) is 9.69 Å². The molecule has 2 aromatic rings. The van der Waals surface area contributed by atoms with Crippen molar-refractivity contribution in [3.63, 3.8) is 0 Å². The van der Waals surface area contributed by atoms with Crippen LogP contribution in [-0.4, -0.2) is 53.7 Å². The van der Waals surface area contributed by atoms with Gasteiger partial charge in [0.15, 0.2) is 0 Å². The molecule has 1 aliphatic rings. The van der Waals surface area contributed by atoms with E-state index >= 15 is 0 Å². The molecule has 26 heavy (non-hydrogen) atoms. The highest BCUT2D eigenvalue weighted by Gasteiger charge is 2.42. The van der Waals surface area contributed by atoms with Crippen LogP contribution in [0.25, 0.3) is 0 Å². The van der Waals surface area contributed by atoms with Gasteiger partial charge in [-0.2, -0.15) is 0 Å². The quantitative estimate of drug-likeness (QED) is 0.765. The molecular formula is C19H25FN4O2. The summed E-state index contributed by atoms with van der Waals surface area (Å²) in [6, 6.07) is 6.84. The molecule has 0 unspecified atom stereocenters. The Bertz CT molecular complexity index is 712. The number of carbonyl (C=O) groups is 1. The number of methoxy groups -OCH3 is 1. The molecule has 1 aromatic heterocycles. The molecule has 0 radical (unpaired) electrons. The number of nitrogens with one attached hydrogen (secondary N) is 1. The molecular weight excluding hydrogens is 335 g/mol. The van der Waals surface area contributed by atoms with Crippen molar-refractivity contribution in [2.24, 2.45) is 0 Å². The maximum Gasteiger partial charge on any atom is 0.246 e. The number of imidazole rings is 1. The zero-order valence-corrected chi connectivity index (χ0v) is 15.0. The molecule has 140 valence electrons. The van der Waals surface area contributed by atoms with Gasteiger partial charge in [0.05, 0.1) is 12.9 Å². The van der Waals surface area contributed by atoms with Crippen LogP contribution in [0, 0.1) is 5.82 Å². The van der Waals surface area contributed by atoms with E-state index in [-0.39, 0.29) is 11.7 Å². The maximum absolute atomic E-state index is 13.9. The van der Waals surface area contributed by atoms with E-state index < -0.39 is 5.54 Å². The van der Waals surface area contributed by atoms with Gasteiger partial charge in [0.1, 0.15) is 11.4 Å². The first-order chi connectivity index (χ1) is 12.7. The van der Waals surface area contributed by atoms with Crippen molar-refractivity contribution in [3.05, 3.63) is 54.4 Å². The molecule has 3 rings (SSSR count). The van der Waals surface area contributed by atoms with Gasteiger partial charge in [-0.1, -0.05) is 18.2 Å². The highest BCUT2D eigenvalue weighted by Crippen LogP contribution is 2.31. The smallest absolute Gasteiger partial charge is 0.246 e. The number of nitrogens with zero attached hydrogens (tertiary/aromatic N) is 3. The molecule has 2 heterocycles. The summed E-state index contributed by atoms with van der Waals surface area (Å²) in [7, 11) is 1.61. The zero-order valence-electron chi connectivity index (χ0n) is 15.0. The predicted molar refractivity (Wildman–Crippen MR) is 96.0 cm³/mol. The number of hydrogen-bond acceptors (Lipinski definition) is 4. The van der Waals surface area contributed by atoms with Gasteiger partial charge in [0.2, 0.25) is 5.91 Å². The number of aromatic nitrogens is 2.